The van der Waals surface area contributed by atoms with E-state index in [4.69, 9.17) is 4.74 Å². The summed E-state index contributed by atoms with van der Waals surface area (Å²) < 4.78 is 5.49. The van der Waals surface area contributed by atoms with Crippen molar-refractivity contribution >= 4 is 30.1 Å². The molecule has 1 fully saturated rings. The number of benzene rings is 1. The number of amides is 1. The highest BCUT2D eigenvalue weighted by atomic mass is 35.5. The molecule has 1 atom stereocenters. The van der Waals surface area contributed by atoms with Crippen LogP contribution in [0.4, 0.5) is 0 Å². The predicted octanol–water partition coefficient (Wildman–Crippen LogP) is 1.40. The molecule has 1 aliphatic rings. The molecule has 4 nitrogen and oxygen atoms in total. The lowest BCUT2D eigenvalue weighted by Crippen LogP contribution is -2.43. The highest BCUT2D eigenvalue weighted by Crippen LogP contribution is 2.09. The molecule has 0 aromatic heterocycles. The second-order valence-corrected chi connectivity index (χ2v) is 5.13. The van der Waals surface area contributed by atoms with Crippen molar-refractivity contribution in [2.45, 2.75) is 12.6 Å². The van der Waals surface area contributed by atoms with Gasteiger partial charge in [0.1, 0.15) is 0 Å². The minimum atomic E-state index is -0.0378. The van der Waals surface area contributed by atoms with Gasteiger partial charge in [-0.25, -0.2) is 0 Å². The van der Waals surface area contributed by atoms with Crippen LogP contribution in [0.3, 0.4) is 0 Å². The number of hydrogen-bond acceptors (Lipinski definition) is 4. The van der Waals surface area contributed by atoms with Crippen molar-refractivity contribution in [3.8, 4) is 0 Å². The maximum atomic E-state index is 11.6. The standard InChI is InChI=1S/C13H18N2O2S.ClH/c16-13(12-9-18-10-15-12)14-6-7-17-8-11-4-2-1-3-5-11;/h1-5,12,15H,6-10H2,(H,14,16);1H. The number of rotatable bonds is 6. The molecule has 1 heterocycles. The van der Waals surface area contributed by atoms with Crippen LogP contribution in [0.1, 0.15) is 5.56 Å². The molecule has 0 bridgehead atoms. The van der Waals surface area contributed by atoms with E-state index in [2.05, 4.69) is 10.6 Å². The van der Waals surface area contributed by atoms with Crippen LogP contribution < -0.4 is 10.6 Å². The Bertz CT molecular complexity index is 372. The predicted molar refractivity (Wildman–Crippen MR) is 80.6 cm³/mol. The Morgan fingerprint density at radius 3 is 2.89 bits per heavy atom. The Balaban J connectivity index is 0.00000180. The first-order valence-corrected chi connectivity index (χ1v) is 7.22. The smallest absolute Gasteiger partial charge is 0.238 e. The van der Waals surface area contributed by atoms with Gasteiger partial charge in [-0.15, -0.1) is 24.2 Å². The summed E-state index contributed by atoms with van der Waals surface area (Å²) >= 11 is 1.75. The minimum absolute atomic E-state index is 0. The molecule has 1 aromatic carbocycles. The van der Waals surface area contributed by atoms with Crippen molar-refractivity contribution < 1.29 is 9.53 Å². The highest BCUT2D eigenvalue weighted by molar-refractivity contribution is 7.99. The Kier molecular flexibility index (Phi) is 7.90. The average Bonchev–Trinajstić information content (AvgIpc) is 2.93. The minimum Gasteiger partial charge on any atom is -0.375 e. The van der Waals surface area contributed by atoms with Crippen LogP contribution in [0.5, 0.6) is 0 Å². The normalized spacial score (nSPS) is 17.8. The first-order chi connectivity index (χ1) is 8.86. The molecule has 0 radical (unpaired) electrons. The zero-order valence-electron chi connectivity index (χ0n) is 10.6. The molecule has 1 aromatic rings. The number of hydrogen-bond donors (Lipinski definition) is 2. The van der Waals surface area contributed by atoms with Gasteiger partial charge in [-0.1, -0.05) is 30.3 Å². The van der Waals surface area contributed by atoms with Crippen molar-refractivity contribution in [1.29, 1.82) is 0 Å². The van der Waals surface area contributed by atoms with E-state index in [0.717, 1.165) is 17.2 Å². The molecular weight excluding hydrogens is 284 g/mol. The van der Waals surface area contributed by atoms with Crippen LogP contribution in [0.2, 0.25) is 0 Å². The van der Waals surface area contributed by atoms with Crippen LogP contribution in [0.25, 0.3) is 0 Å². The summed E-state index contributed by atoms with van der Waals surface area (Å²) in [6.07, 6.45) is 0. The Hall–Kier alpha value is -0.750. The summed E-state index contributed by atoms with van der Waals surface area (Å²) in [5.74, 6) is 1.79. The topological polar surface area (TPSA) is 50.4 Å². The second-order valence-electron chi connectivity index (χ2n) is 4.10. The van der Waals surface area contributed by atoms with Crippen molar-refractivity contribution in [3.63, 3.8) is 0 Å². The Morgan fingerprint density at radius 2 is 2.21 bits per heavy atom. The lowest BCUT2D eigenvalue weighted by atomic mass is 10.2. The van der Waals surface area contributed by atoms with Gasteiger partial charge in [-0.05, 0) is 5.56 Å². The van der Waals surface area contributed by atoms with Crippen LogP contribution in [-0.4, -0.2) is 36.7 Å². The maximum Gasteiger partial charge on any atom is 0.238 e. The fraction of sp³-hybridized carbons (Fsp3) is 0.462. The lowest BCUT2D eigenvalue weighted by molar-refractivity contribution is -0.122. The first kappa shape index (κ1) is 16.3. The van der Waals surface area contributed by atoms with Crippen molar-refractivity contribution in [3.05, 3.63) is 35.9 Å². The van der Waals surface area contributed by atoms with Gasteiger partial charge in [0.15, 0.2) is 0 Å². The van der Waals surface area contributed by atoms with Gasteiger partial charge in [-0.2, -0.15) is 0 Å². The monoisotopic (exact) mass is 302 g/mol. The second kappa shape index (κ2) is 9.20. The fourth-order valence-corrected chi connectivity index (χ4v) is 2.64. The third-order valence-corrected chi connectivity index (χ3v) is 3.63. The summed E-state index contributed by atoms with van der Waals surface area (Å²) in [6.45, 7) is 1.70. The Morgan fingerprint density at radius 1 is 1.42 bits per heavy atom. The zero-order chi connectivity index (χ0) is 12.6. The number of halogens is 1. The van der Waals surface area contributed by atoms with Gasteiger partial charge in [0.25, 0.3) is 0 Å². The maximum absolute atomic E-state index is 11.6. The molecule has 2 rings (SSSR count). The highest BCUT2D eigenvalue weighted by Gasteiger charge is 2.21. The first-order valence-electron chi connectivity index (χ1n) is 6.07. The van der Waals surface area contributed by atoms with E-state index in [-0.39, 0.29) is 24.4 Å². The largest absolute Gasteiger partial charge is 0.375 e. The van der Waals surface area contributed by atoms with E-state index < -0.39 is 0 Å². The zero-order valence-corrected chi connectivity index (χ0v) is 12.3. The Labute approximate surface area is 124 Å². The molecule has 1 unspecified atom stereocenters. The van der Waals surface area contributed by atoms with E-state index >= 15 is 0 Å². The van der Waals surface area contributed by atoms with Crippen molar-refractivity contribution in [1.82, 2.24) is 10.6 Å². The number of carbonyl (C=O) groups is 1. The average molecular weight is 303 g/mol. The number of carbonyl (C=O) groups excluding carboxylic acids is 1. The number of nitrogens with one attached hydrogen (secondary N) is 2. The van der Waals surface area contributed by atoms with E-state index in [1.807, 2.05) is 30.3 Å². The van der Waals surface area contributed by atoms with E-state index in [0.29, 0.717) is 19.8 Å². The fourth-order valence-electron chi connectivity index (χ4n) is 1.70. The molecule has 0 aliphatic carbocycles. The summed E-state index contributed by atoms with van der Waals surface area (Å²) in [6, 6.07) is 9.98. The lowest BCUT2D eigenvalue weighted by Gasteiger charge is -2.10. The summed E-state index contributed by atoms with van der Waals surface area (Å²) in [5, 5.41) is 6.00. The molecular formula is C13H19ClN2O2S. The van der Waals surface area contributed by atoms with E-state index in [1.54, 1.807) is 11.8 Å². The molecule has 1 aliphatic heterocycles. The molecule has 1 amide bonds. The number of ether oxygens (including phenoxy) is 1. The third kappa shape index (κ3) is 5.82. The van der Waals surface area contributed by atoms with Crippen molar-refractivity contribution in [2.24, 2.45) is 0 Å². The van der Waals surface area contributed by atoms with Crippen LogP contribution in [-0.2, 0) is 16.1 Å². The van der Waals surface area contributed by atoms with Gasteiger partial charge in [-0.3, -0.25) is 10.1 Å². The van der Waals surface area contributed by atoms with Crippen LogP contribution >= 0.6 is 24.2 Å². The van der Waals surface area contributed by atoms with Crippen LogP contribution in [0, 0.1) is 0 Å². The van der Waals surface area contributed by atoms with Gasteiger partial charge in [0.2, 0.25) is 5.91 Å². The molecule has 0 spiro atoms. The molecule has 0 saturated carbocycles. The van der Waals surface area contributed by atoms with Gasteiger partial charge >= 0.3 is 0 Å². The molecule has 106 valence electrons. The molecule has 19 heavy (non-hydrogen) atoms. The summed E-state index contributed by atoms with van der Waals surface area (Å²) in [7, 11) is 0. The number of thioether (sulfide) groups is 1. The van der Waals surface area contributed by atoms with Crippen LogP contribution in [0.15, 0.2) is 30.3 Å². The molecule has 6 heteroatoms. The van der Waals surface area contributed by atoms with Gasteiger partial charge in [0.05, 0.1) is 19.3 Å². The quantitative estimate of drug-likeness (QED) is 0.780. The van der Waals surface area contributed by atoms with Crippen molar-refractivity contribution in [2.75, 3.05) is 24.8 Å². The van der Waals surface area contributed by atoms with Gasteiger partial charge in [0, 0.05) is 18.2 Å². The molecule has 2 N–H and O–H groups in total. The third-order valence-electron chi connectivity index (χ3n) is 2.69. The van der Waals surface area contributed by atoms with E-state index in [1.165, 1.54) is 0 Å². The van der Waals surface area contributed by atoms with E-state index in [9.17, 15) is 4.79 Å². The molecule has 1 saturated heterocycles. The summed E-state index contributed by atoms with van der Waals surface area (Å²) in [4.78, 5) is 11.6. The summed E-state index contributed by atoms with van der Waals surface area (Å²) in [5.41, 5.74) is 1.15. The van der Waals surface area contributed by atoms with Gasteiger partial charge < -0.3 is 10.1 Å². The SMILES string of the molecule is Cl.O=C(NCCOCc1ccccc1)C1CSCN1.